The Bertz CT molecular complexity index is 500. The van der Waals surface area contributed by atoms with Crippen LogP contribution in [-0.2, 0) is 0 Å². The Morgan fingerprint density at radius 1 is 1.38 bits per heavy atom. The number of amides is 2. The number of halogens is 1. The van der Waals surface area contributed by atoms with Crippen molar-refractivity contribution in [3.8, 4) is 5.75 Å². The summed E-state index contributed by atoms with van der Waals surface area (Å²) in [6.07, 6.45) is 1.82. The Morgan fingerprint density at radius 2 is 2.05 bits per heavy atom. The van der Waals surface area contributed by atoms with Crippen molar-refractivity contribution in [2.45, 2.75) is 18.9 Å². The molecule has 116 valence electrons. The number of benzene rings is 1. The smallest absolute Gasteiger partial charge is 0.319 e. The van der Waals surface area contributed by atoms with Crippen LogP contribution in [0.5, 0.6) is 5.75 Å². The zero-order chi connectivity index (χ0) is 15.4. The fourth-order valence-corrected chi connectivity index (χ4v) is 2.68. The van der Waals surface area contributed by atoms with Crippen molar-refractivity contribution in [3.05, 3.63) is 23.2 Å². The zero-order valence-electron chi connectivity index (χ0n) is 12.7. The van der Waals surface area contributed by atoms with Gasteiger partial charge in [0, 0.05) is 38.2 Å². The molecule has 0 unspecified atom stereocenters. The van der Waals surface area contributed by atoms with E-state index >= 15 is 0 Å². The van der Waals surface area contributed by atoms with E-state index in [0.29, 0.717) is 11.1 Å². The third-order valence-electron chi connectivity index (χ3n) is 3.67. The monoisotopic (exact) mass is 311 g/mol. The van der Waals surface area contributed by atoms with Crippen molar-refractivity contribution in [3.63, 3.8) is 0 Å². The molecule has 1 heterocycles. The summed E-state index contributed by atoms with van der Waals surface area (Å²) in [5, 5.41) is 4.15. The molecule has 1 N–H and O–H groups in total. The predicted octanol–water partition coefficient (Wildman–Crippen LogP) is 2.91. The van der Waals surface area contributed by atoms with E-state index in [0.717, 1.165) is 37.4 Å². The van der Waals surface area contributed by atoms with E-state index in [1.807, 2.05) is 23.1 Å². The van der Waals surface area contributed by atoms with E-state index in [1.165, 1.54) is 0 Å². The Balaban J connectivity index is 1.95. The Morgan fingerprint density at radius 3 is 2.62 bits per heavy atom. The van der Waals surface area contributed by atoms with Crippen LogP contribution in [0.15, 0.2) is 18.2 Å². The molecule has 1 fully saturated rings. The molecule has 1 aliphatic rings. The normalized spacial score (nSPS) is 15.7. The number of ether oxygens (including phenoxy) is 1. The second-order valence-corrected chi connectivity index (χ2v) is 5.86. The van der Waals surface area contributed by atoms with E-state index in [4.69, 9.17) is 16.3 Å². The minimum Gasteiger partial charge on any atom is -0.495 e. The Kier molecular flexibility index (Phi) is 5.17. The van der Waals surface area contributed by atoms with Gasteiger partial charge in [-0.15, -0.1) is 0 Å². The van der Waals surface area contributed by atoms with Gasteiger partial charge in [-0.05, 0) is 31.0 Å². The summed E-state index contributed by atoms with van der Waals surface area (Å²) in [5.41, 5.74) is 0.905. The molecule has 0 spiro atoms. The van der Waals surface area contributed by atoms with Crippen LogP contribution in [0.4, 0.5) is 10.5 Å². The van der Waals surface area contributed by atoms with E-state index in [9.17, 15) is 4.79 Å². The SMILES string of the molecule is COc1ccc(Cl)cc1NC1CCN(C(=O)N(C)C)CC1. The fraction of sp³-hybridized carbons (Fsp3) is 0.533. The highest BCUT2D eigenvalue weighted by Gasteiger charge is 2.24. The first-order valence-electron chi connectivity index (χ1n) is 7.07. The molecule has 0 aromatic heterocycles. The quantitative estimate of drug-likeness (QED) is 0.933. The highest BCUT2D eigenvalue weighted by atomic mass is 35.5. The number of methoxy groups -OCH3 is 1. The third kappa shape index (κ3) is 3.94. The second-order valence-electron chi connectivity index (χ2n) is 5.43. The van der Waals surface area contributed by atoms with E-state index < -0.39 is 0 Å². The molecule has 1 aromatic rings. The Hall–Kier alpha value is -1.62. The van der Waals surface area contributed by atoms with Gasteiger partial charge < -0.3 is 19.9 Å². The minimum atomic E-state index is 0.0776. The van der Waals surface area contributed by atoms with E-state index in [-0.39, 0.29) is 6.03 Å². The lowest BCUT2D eigenvalue weighted by molar-refractivity contribution is 0.158. The van der Waals surface area contributed by atoms with Gasteiger partial charge in [-0.1, -0.05) is 11.6 Å². The maximum Gasteiger partial charge on any atom is 0.319 e. The van der Waals surface area contributed by atoms with Gasteiger partial charge in [-0.2, -0.15) is 0 Å². The summed E-state index contributed by atoms with van der Waals surface area (Å²) in [6.45, 7) is 1.52. The van der Waals surface area contributed by atoms with Gasteiger partial charge in [0.25, 0.3) is 0 Å². The summed E-state index contributed by atoms with van der Waals surface area (Å²) in [5.74, 6) is 0.784. The molecule has 0 atom stereocenters. The predicted molar refractivity (Wildman–Crippen MR) is 85.3 cm³/mol. The van der Waals surface area contributed by atoms with Crippen molar-refractivity contribution >= 4 is 23.3 Å². The van der Waals surface area contributed by atoms with Crippen molar-refractivity contribution in [2.24, 2.45) is 0 Å². The number of nitrogens with one attached hydrogen (secondary N) is 1. The van der Waals surface area contributed by atoms with E-state index in [2.05, 4.69) is 5.32 Å². The first-order chi connectivity index (χ1) is 10.0. The number of carbonyl (C=O) groups excluding carboxylic acids is 1. The first-order valence-corrected chi connectivity index (χ1v) is 7.45. The molecule has 1 saturated heterocycles. The standard InChI is InChI=1S/C15H22ClN3O2/c1-18(2)15(20)19-8-6-12(7-9-19)17-13-10-11(16)4-5-14(13)21-3/h4-5,10,12,17H,6-9H2,1-3H3. The van der Waals surface area contributed by atoms with Gasteiger partial charge in [0.05, 0.1) is 12.8 Å². The number of rotatable bonds is 3. The molecule has 1 aliphatic heterocycles. The third-order valence-corrected chi connectivity index (χ3v) is 3.90. The van der Waals surface area contributed by atoms with Crippen LogP contribution in [0, 0.1) is 0 Å². The lowest BCUT2D eigenvalue weighted by atomic mass is 10.0. The van der Waals surface area contributed by atoms with E-state index in [1.54, 1.807) is 26.1 Å². The van der Waals surface area contributed by atoms with Crippen LogP contribution in [-0.4, -0.2) is 56.2 Å². The molecule has 1 aromatic carbocycles. The van der Waals surface area contributed by atoms with Crippen LogP contribution < -0.4 is 10.1 Å². The summed E-state index contributed by atoms with van der Waals surface area (Å²) in [6, 6.07) is 5.94. The molecule has 0 saturated carbocycles. The number of anilines is 1. The van der Waals surface area contributed by atoms with Crippen LogP contribution >= 0.6 is 11.6 Å². The number of nitrogens with zero attached hydrogens (tertiary/aromatic N) is 2. The number of likely N-dealkylation sites (tertiary alicyclic amines) is 1. The van der Waals surface area contributed by atoms with Crippen LogP contribution in [0.3, 0.4) is 0 Å². The van der Waals surface area contributed by atoms with Gasteiger partial charge in [-0.25, -0.2) is 4.79 Å². The van der Waals surface area contributed by atoms with Crippen LogP contribution in [0.1, 0.15) is 12.8 Å². The van der Waals surface area contributed by atoms with Gasteiger partial charge in [0.1, 0.15) is 5.75 Å². The summed E-state index contributed by atoms with van der Waals surface area (Å²) >= 11 is 6.04. The van der Waals surface area contributed by atoms with Gasteiger partial charge >= 0.3 is 6.03 Å². The number of urea groups is 1. The zero-order valence-corrected chi connectivity index (χ0v) is 13.5. The maximum absolute atomic E-state index is 11.9. The topological polar surface area (TPSA) is 44.8 Å². The van der Waals surface area contributed by atoms with Crippen molar-refractivity contribution in [1.29, 1.82) is 0 Å². The van der Waals surface area contributed by atoms with Crippen LogP contribution in [0.25, 0.3) is 0 Å². The highest BCUT2D eigenvalue weighted by Crippen LogP contribution is 2.29. The molecule has 5 nitrogen and oxygen atoms in total. The number of hydrogen-bond donors (Lipinski definition) is 1. The lowest BCUT2D eigenvalue weighted by Crippen LogP contribution is -2.46. The van der Waals surface area contributed by atoms with Crippen molar-refractivity contribution < 1.29 is 9.53 Å². The Labute approximate surface area is 130 Å². The molecule has 0 aliphatic carbocycles. The maximum atomic E-state index is 11.9. The minimum absolute atomic E-state index is 0.0776. The van der Waals surface area contributed by atoms with Gasteiger partial charge in [-0.3, -0.25) is 0 Å². The number of carbonyl (C=O) groups is 1. The summed E-state index contributed by atoms with van der Waals surface area (Å²) in [7, 11) is 5.21. The molecule has 6 heteroatoms. The molecular weight excluding hydrogens is 290 g/mol. The lowest BCUT2D eigenvalue weighted by Gasteiger charge is -2.34. The first kappa shape index (κ1) is 15.8. The average molecular weight is 312 g/mol. The molecule has 0 bridgehead atoms. The number of piperidine rings is 1. The molecule has 2 amide bonds. The van der Waals surface area contributed by atoms with Gasteiger partial charge in [0.15, 0.2) is 0 Å². The summed E-state index contributed by atoms with van der Waals surface area (Å²) < 4.78 is 5.34. The molecule has 0 radical (unpaired) electrons. The van der Waals surface area contributed by atoms with Crippen LogP contribution in [0.2, 0.25) is 5.02 Å². The number of hydrogen-bond acceptors (Lipinski definition) is 3. The molecular formula is C15H22ClN3O2. The molecule has 2 rings (SSSR count). The molecule has 21 heavy (non-hydrogen) atoms. The average Bonchev–Trinajstić information content (AvgIpc) is 2.47. The largest absolute Gasteiger partial charge is 0.495 e. The summed E-state index contributed by atoms with van der Waals surface area (Å²) in [4.78, 5) is 15.4. The second kappa shape index (κ2) is 6.89. The highest BCUT2D eigenvalue weighted by molar-refractivity contribution is 6.30. The van der Waals surface area contributed by atoms with Crippen molar-refractivity contribution in [1.82, 2.24) is 9.80 Å². The van der Waals surface area contributed by atoms with Gasteiger partial charge in [0.2, 0.25) is 0 Å². The fourth-order valence-electron chi connectivity index (χ4n) is 2.51. The van der Waals surface area contributed by atoms with Crippen molar-refractivity contribution in [2.75, 3.05) is 39.6 Å².